The van der Waals surface area contributed by atoms with Crippen molar-refractivity contribution in [3.63, 3.8) is 0 Å². The van der Waals surface area contributed by atoms with E-state index < -0.39 is 0 Å². The zero-order chi connectivity index (χ0) is 16.9. The minimum absolute atomic E-state index is 0.282. The zero-order valence-electron chi connectivity index (χ0n) is 14.5. The lowest BCUT2D eigenvalue weighted by molar-refractivity contribution is 0.311. The number of para-hydroxylation sites is 2. The van der Waals surface area contributed by atoms with Crippen LogP contribution in [0.25, 0.3) is 11.0 Å². The smallest absolute Gasteiger partial charge is 0.145 e. The summed E-state index contributed by atoms with van der Waals surface area (Å²) >= 11 is 0. The van der Waals surface area contributed by atoms with Crippen molar-refractivity contribution in [1.29, 1.82) is 0 Å². The summed E-state index contributed by atoms with van der Waals surface area (Å²) in [5.41, 5.74) is 4.50. The summed E-state index contributed by atoms with van der Waals surface area (Å²) in [4.78, 5) is 11.3. The van der Waals surface area contributed by atoms with Gasteiger partial charge in [-0.25, -0.2) is 4.98 Å². The Morgan fingerprint density at radius 3 is 2.38 bits per heavy atom. The molecular weight excluding hydrogens is 296 g/mol. The molecule has 124 valence electrons. The van der Waals surface area contributed by atoms with Gasteiger partial charge in [0, 0.05) is 6.54 Å². The number of aromatic nitrogens is 2. The summed E-state index contributed by atoms with van der Waals surface area (Å²) < 4.78 is 0. The number of benzene rings is 2. The second kappa shape index (κ2) is 7.41. The van der Waals surface area contributed by atoms with Crippen molar-refractivity contribution >= 4 is 16.9 Å². The predicted molar refractivity (Wildman–Crippen MR) is 100 cm³/mol. The molecular formula is C20H24N4. The summed E-state index contributed by atoms with van der Waals surface area (Å²) in [5.74, 6) is 0.811. The third-order valence-corrected chi connectivity index (χ3v) is 4.32. The van der Waals surface area contributed by atoms with E-state index in [1.54, 1.807) is 6.20 Å². The van der Waals surface area contributed by atoms with Gasteiger partial charge in [0.2, 0.25) is 0 Å². The molecule has 0 aliphatic heterocycles. The highest BCUT2D eigenvalue weighted by Gasteiger charge is 2.14. The van der Waals surface area contributed by atoms with Crippen LogP contribution < -0.4 is 5.32 Å². The molecule has 3 rings (SSSR count). The molecule has 0 amide bonds. The molecule has 0 unspecified atom stereocenters. The molecule has 0 saturated carbocycles. The van der Waals surface area contributed by atoms with Crippen molar-refractivity contribution in [2.24, 2.45) is 0 Å². The Labute approximate surface area is 143 Å². The van der Waals surface area contributed by atoms with E-state index in [4.69, 9.17) is 0 Å². The van der Waals surface area contributed by atoms with Crippen LogP contribution in [0.3, 0.4) is 0 Å². The normalized spacial score (nSPS) is 12.5. The molecule has 0 aliphatic carbocycles. The van der Waals surface area contributed by atoms with Gasteiger partial charge in [0.15, 0.2) is 0 Å². The Morgan fingerprint density at radius 2 is 1.71 bits per heavy atom. The first-order valence-electron chi connectivity index (χ1n) is 8.38. The lowest BCUT2D eigenvalue weighted by Crippen LogP contribution is -2.27. The molecule has 3 aromatic rings. The summed E-state index contributed by atoms with van der Waals surface area (Å²) in [7, 11) is 4.21. The number of nitrogens with zero attached hydrogens (tertiary/aromatic N) is 3. The van der Waals surface area contributed by atoms with E-state index in [1.165, 1.54) is 11.1 Å². The molecule has 4 nitrogen and oxygen atoms in total. The van der Waals surface area contributed by atoms with Crippen LogP contribution in [0.2, 0.25) is 0 Å². The van der Waals surface area contributed by atoms with E-state index in [0.29, 0.717) is 0 Å². The van der Waals surface area contributed by atoms with Crippen molar-refractivity contribution in [3.05, 3.63) is 65.9 Å². The zero-order valence-corrected chi connectivity index (χ0v) is 14.5. The van der Waals surface area contributed by atoms with Gasteiger partial charge < -0.3 is 10.2 Å². The summed E-state index contributed by atoms with van der Waals surface area (Å²) in [5, 5.41) is 3.43. The van der Waals surface area contributed by atoms with Gasteiger partial charge in [-0.15, -0.1) is 0 Å². The highest BCUT2D eigenvalue weighted by Crippen LogP contribution is 2.20. The molecule has 1 aromatic heterocycles. The van der Waals surface area contributed by atoms with Crippen molar-refractivity contribution in [1.82, 2.24) is 14.9 Å². The molecule has 24 heavy (non-hydrogen) atoms. The monoisotopic (exact) mass is 320 g/mol. The average molecular weight is 320 g/mol. The molecule has 1 N–H and O–H groups in total. The third kappa shape index (κ3) is 3.71. The number of nitrogens with one attached hydrogen (secondary N) is 1. The van der Waals surface area contributed by atoms with Gasteiger partial charge >= 0.3 is 0 Å². The molecule has 4 heteroatoms. The fourth-order valence-corrected chi connectivity index (χ4v) is 2.82. The fourth-order valence-electron chi connectivity index (χ4n) is 2.82. The first kappa shape index (κ1) is 16.4. The van der Waals surface area contributed by atoms with Crippen LogP contribution >= 0.6 is 0 Å². The number of aryl methyl sites for hydroxylation is 1. The summed E-state index contributed by atoms with van der Waals surface area (Å²) in [6.45, 7) is 2.96. The topological polar surface area (TPSA) is 41.1 Å². The SMILES string of the molecule is CCc1ccc([C@H](CNc2cnc3ccccc3n2)N(C)C)cc1. The Morgan fingerprint density at radius 1 is 1.00 bits per heavy atom. The third-order valence-electron chi connectivity index (χ3n) is 4.32. The molecule has 1 heterocycles. The lowest BCUT2D eigenvalue weighted by atomic mass is 10.0. The van der Waals surface area contributed by atoms with Crippen LogP contribution in [0.15, 0.2) is 54.7 Å². The van der Waals surface area contributed by atoms with Crippen LogP contribution in [0, 0.1) is 0 Å². The van der Waals surface area contributed by atoms with Crippen molar-refractivity contribution in [2.45, 2.75) is 19.4 Å². The highest BCUT2D eigenvalue weighted by atomic mass is 15.1. The molecule has 0 bridgehead atoms. The van der Waals surface area contributed by atoms with Crippen molar-refractivity contribution in [3.8, 4) is 0 Å². The highest BCUT2D eigenvalue weighted by molar-refractivity contribution is 5.75. The van der Waals surface area contributed by atoms with E-state index in [2.05, 4.69) is 65.5 Å². The van der Waals surface area contributed by atoms with E-state index in [1.807, 2.05) is 24.3 Å². The first-order valence-corrected chi connectivity index (χ1v) is 8.38. The summed E-state index contributed by atoms with van der Waals surface area (Å²) in [6.07, 6.45) is 2.87. The Balaban J connectivity index is 1.75. The first-order chi connectivity index (χ1) is 11.7. The van der Waals surface area contributed by atoms with Gasteiger partial charge in [0.1, 0.15) is 5.82 Å². The number of anilines is 1. The van der Waals surface area contributed by atoms with Gasteiger partial charge in [-0.2, -0.15) is 0 Å². The van der Waals surface area contributed by atoms with Crippen LogP contribution in [0.1, 0.15) is 24.1 Å². The maximum atomic E-state index is 4.64. The lowest BCUT2D eigenvalue weighted by Gasteiger charge is -2.25. The van der Waals surface area contributed by atoms with E-state index >= 15 is 0 Å². The molecule has 0 spiro atoms. The Hall–Kier alpha value is -2.46. The van der Waals surface area contributed by atoms with Gasteiger partial charge in [0.05, 0.1) is 23.3 Å². The number of likely N-dealkylation sites (N-methyl/N-ethyl adjacent to an activating group) is 1. The maximum absolute atomic E-state index is 4.64. The van der Waals surface area contributed by atoms with Gasteiger partial charge in [0.25, 0.3) is 0 Å². The van der Waals surface area contributed by atoms with Crippen LogP contribution in [-0.4, -0.2) is 35.5 Å². The Bertz CT molecular complexity index is 796. The molecule has 1 atom stereocenters. The molecule has 0 fully saturated rings. The number of hydrogen-bond acceptors (Lipinski definition) is 4. The van der Waals surface area contributed by atoms with Crippen LogP contribution in [0.4, 0.5) is 5.82 Å². The van der Waals surface area contributed by atoms with Crippen LogP contribution in [-0.2, 0) is 6.42 Å². The van der Waals surface area contributed by atoms with Crippen molar-refractivity contribution < 1.29 is 0 Å². The van der Waals surface area contributed by atoms with E-state index in [9.17, 15) is 0 Å². The molecule has 0 saturated heterocycles. The van der Waals surface area contributed by atoms with Gasteiger partial charge in [-0.05, 0) is 43.8 Å². The van der Waals surface area contributed by atoms with Crippen molar-refractivity contribution in [2.75, 3.05) is 26.0 Å². The Kier molecular flexibility index (Phi) is 5.06. The second-order valence-electron chi connectivity index (χ2n) is 6.20. The molecule has 0 aliphatic rings. The number of fused-ring (bicyclic) bond motifs is 1. The fraction of sp³-hybridized carbons (Fsp3) is 0.300. The minimum atomic E-state index is 0.282. The molecule has 2 aromatic carbocycles. The number of rotatable bonds is 6. The van der Waals surface area contributed by atoms with Gasteiger partial charge in [-0.3, -0.25) is 4.98 Å². The van der Waals surface area contributed by atoms with E-state index in [-0.39, 0.29) is 6.04 Å². The average Bonchev–Trinajstić information content (AvgIpc) is 2.62. The number of hydrogen-bond donors (Lipinski definition) is 1. The largest absolute Gasteiger partial charge is 0.367 e. The minimum Gasteiger partial charge on any atom is -0.367 e. The quantitative estimate of drug-likeness (QED) is 0.748. The summed E-state index contributed by atoms with van der Waals surface area (Å²) in [6, 6.07) is 17.1. The predicted octanol–water partition coefficient (Wildman–Crippen LogP) is 3.91. The standard InChI is InChI=1S/C20H24N4/c1-4-15-9-11-16(12-10-15)19(24(2)3)13-22-20-14-21-17-7-5-6-8-18(17)23-20/h5-12,14,19H,4,13H2,1-3H3,(H,22,23)/t19-/m0/s1. The van der Waals surface area contributed by atoms with Crippen LogP contribution in [0.5, 0.6) is 0 Å². The maximum Gasteiger partial charge on any atom is 0.145 e. The molecule has 0 radical (unpaired) electrons. The van der Waals surface area contributed by atoms with Gasteiger partial charge in [-0.1, -0.05) is 43.3 Å². The van der Waals surface area contributed by atoms with E-state index in [0.717, 1.165) is 29.8 Å². The second-order valence-corrected chi connectivity index (χ2v) is 6.20.